The molecule has 1 saturated heterocycles. The average molecular weight is 278 g/mol. The van der Waals surface area contributed by atoms with Gasteiger partial charge in [-0.3, -0.25) is 4.79 Å². The van der Waals surface area contributed by atoms with E-state index in [1.54, 1.807) is 7.11 Å². The molecule has 1 aromatic rings. The maximum atomic E-state index is 12.1. The second-order valence-corrected chi connectivity index (χ2v) is 5.09. The Labute approximate surface area is 119 Å². The van der Waals surface area contributed by atoms with Crippen LogP contribution in [0.3, 0.4) is 0 Å². The number of benzene rings is 1. The summed E-state index contributed by atoms with van der Waals surface area (Å²) in [5.74, 6) is 0.756. The van der Waals surface area contributed by atoms with Crippen molar-refractivity contribution in [2.75, 3.05) is 26.9 Å². The van der Waals surface area contributed by atoms with Crippen molar-refractivity contribution in [3.8, 4) is 5.75 Å². The lowest BCUT2D eigenvalue weighted by Crippen LogP contribution is -2.57. The number of ether oxygens (including phenoxy) is 2. The van der Waals surface area contributed by atoms with E-state index in [2.05, 4.69) is 5.32 Å². The van der Waals surface area contributed by atoms with Crippen molar-refractivity contribution in [2.45, 2.75) is 24.8 Å². The highest BCUT2D eigenvalue weighted by molar-refractivity contribution is 5.86. The van der Waals surface area contributed by atoms with Gasteiger partial charge in [0.15, 0.2) is 0 Å². The van der Waals surface area contributed by atoms with E-state index in [1.807, 2.05) is 24.3 Å². The number of methoxy groups -OCH3 is 1. The molecule has 1 amide bonds. The third-order valence-electron chi connectivity index (χ3n) is 3.71. The molecule has 110 valence electrons. The topological polar surface area (TPSA) is 73.6 Å². The Balaban J connectivity index is 1.84. The van der Waals surface area contributed by atoms with E-state index in [-0.39, 0.29) is 5.91 Å². The Morgan fingerprint density at radius 1 is 1.40 bits per heavy atom. The maximum Gasteiger partial charge on any atom is 0.240 e. The van der Waals surface area contributed by atoms with Crippen molar-refractivity contribution in [3.05, 3.63) is 29.8 Å². The smallest absolute Gasteiger partial charge is 0.240 e. The van der Waals surface area contributed by atoms with Gasteiger partial charge in [0, 0.05) is 19.8 Å². The Bertz CT molecular complexity index is 456. The monoisotopic (exact) mass is 278 g/mol. The molecule has 0 spiro atoms. The molecule has 1 aliphatic rings. The van der Waals surface area contributed by atoms with Crippen LogP contribution in [-0.2, 0) is 16.0 Å². The molecule has 1 heterocycles. The zero-order chi connectivity index (χ0) is 14.4. The molecule has 5 heteroatoms. The normalized spacial score (nSPS) is 17.5. The van der Waals surface area contributed by atoms with Crippen LogP contribution in [0.25, 0.3) is 0 Å². The fraction of sp³-hybridized carbons (Fsp3) is 0.533. The fourth-order valence-corrected chi connectivity index (χ4v) is 2.36. The zero-order valence-corrected chi connectivity index (χ0v) is 11.9. The van der Waals surface area contributed by atoms with E-state index in [9.17, 15) is 4.79 Å². The van der Waals surface area contributed by atoms with Crippen LogP contribution in [0.5, 0.6) is 5.75 Å². The van der Waals surface area contributed by atoms with Gasteiger partial charge in [-0.2, -0.15) is 0 Å². The van der Waals surface area contributed by atoms with Gasteiger partial charge in [-0.1, -0.05) is 18.2 Å². The van der Waals surface area contributed by atoms with Gasteiger partial charge in [0.05, 0.1) is 12.6 Å². The summed E-state index contributed by atoms with van der Waals surface area (Å²) in [6, 6.07) is 7.80. The molecule has 1 fully saturated rings. The van der Waals surface area contributed by atoms with Crippen LogP contribution in [0.4, 0.5) is 0 Å². The Morgan fingerprint density at radius 2 is 2.10 bits per heavy atom. The number of nitrogens with two attached hydrogens (primary N) is 1. The molecule has 0 aromatic heterocycles. The third-order valence-corrected chi connectivity index (χ3v) is 3.71. The first-order chi connectivity index (χ1) is 9.65. The standard InChI is InChI=1S/C15H22N2O3/c1-19-13-5-3-2-4-12(13)6-9-17-14(18)15(16)7-10-20-11-8-15/h2-5H,6-11,16H2,1H3,(H,17,18). The van der Waals surface area contributed by atoms with Crippen molar-refractivity contribution in [2.24, 2.45) is 5.73 Å². The van der Waals surface area contributed by atoms with Gasteiger partial charge in [-0.25, -0.2) is 0 Å². The predicted octanol–water partition coefficient (Wildman–Crippen LogP) is 0.862. The van der Waals surface area contributed by atoms with Crippen molar-refractivity contribution in [1.29, 1.82) is 0 Å². The molecule has 2 rings (SSSR count). The second-order valence-electron chi connectivity index (χ2n) is 5.09. The molecule has 0 atom stereocenters. The molecule has 0 bridgehead atoms. The maximum absolute atomic E-state index is 12.1. The quantitative estimate of drug-likeness (QED) is 0.838. The first-order valence-electron chi connectivity index (χ1n) is 6.92. The molecular formula is C15H22N2O3. The van der Waals surface area contributed by atoms with Crippen LogP contribution < -0.4 is 15.8 Å². The van der Waals surface area contributed by atoms with Gasteiger partial charge in [0.25, 0.3) is 0 Å². The predicted molar refractivity (Wildman–Crippen MR) is 76.7 cm³/mol. The SMILES string of the molecule is COc1ccccc1CCNC(=O)C1(N)CCOCC1. The minimum Gasteiger partial charge on any atom is -0.496 e. The van der Waals surface area contributed by atoms with Gasteiger partial charge in [0.2, 0.25) is 5.91 Å². The third kappa shape index (κ3) is 3.49. The fourth-order valence-electron chi connectivity index (χ4n) is 2.36. The number of hydrogen-bond donors (Lipinski definition) is 2. The highest BCUT2D eigenvalue weighted by atomic mass is 16.5. The first-order valence-corrected chi connectivity index (χ1v) is 6.92. The number of carbonyl (C=O) groups is 1. The van der Waals surface area contributed by atoms with E-state index in [1.165, 1.54) is 0 Å². The lowest BCUT2D eigenvalue weighted by atomic mass is 9.90. The lowest BCUT2D eigenvalue weighted by Gasteiger charge is -2.31. The van der Waals surface area contributed by atoms with E-state index in [0.717, 1.165) is 17.7 Å². The Kier molecular flexibility index (Phi) is 4.98. The Morgan fingerprint density at radius 3 is 2.80 bits per heavy atom. The molecule has 5 nitrogen and oxygen atoms in total. The van der Waals surface area contributed by atoms with Gasteiger partial charge in [-0.15, -0.1) is 0 Å². The van der Waals surface area contributed by atoms with E-state index >= 15 is 0 Å². The molecule has 0 aliphatic carbocycles. The van der Waals surface area contributed by atoms with Crippen molar-refractivity contribution >= 4 is 5.91 Å². The van der Waals surface area contributed by atoms with Gasteiger partial charge < -0.3 is 20.5 Å². The van der Waals surface area contributed by atoms with Crippen molar-refractivity contribution < 1.29 is 14.3 Å². The number of para-hydroxylation sites is 1. The molecule has 1 aromatic carbocycles. The molecular weight excluding hydrogens is 256 g/mol. The van der Waals surface area contributed by atoms with Gasteiger partial charge >= 0.3 is 0 Å². The Hall–Kier alpha value is -1.59. The summed E-state index contributed by atoms with van der Waals surface area (Å²) in [5, 5.41) is 2.92. The van der Waals surface area contributed by atoms with E-state index < -0.39 is 5.54 Å². The van der Waals surface area contributed by atoms with Crippen LogP contribution >= 0.6 is 0 Å². The molecule has 0 saturated carbocycles. The lowest BCUT2D eigenvalue weighted by molar-refractivity contribution is -0.129. The van der Waals surface area contributed by atoms with Crippen molar-refractivity contribution in [1.82, 2.24) is 5.32 Å². The second kappa shape index (κ2) is 6.72. The molecule has 3 N–H and O–H groups in total. The molecule has 1 aliphatic heterocycles. The summed E-state index contributed by atoms with van der Waals surface area (Å²) in [6.07, 6.45) is 1.88. The highest BCUT2D eigenvalue weighted by Gasteiger charge is 2.35. The minimum absolute atomic E-state index is 0.0873. The largest absolute Gasteiger partial charge is 0.496 e. The number of carbonyl (C=O) groups excluding carboxylic acids is 1. The number of nitrogens with one attached hydrogen (secondary N) is 1. The summed E-state index contributed by atoms with van der Waals surface area (Å²) in [4.78, 5) is 12.1. The number of rotatable bonds is 5. The number of amides is 1. The van der Waals surface area contributed by atoms with E-state index in [0.29, 0.717) is 32.6 Å². The number of hydrogen-bond acceptors (Lipinski definition) is 4. The van der Waals surface area contributed by atoms with E-state index in [4.69, 9.17) is 15.2 Å². The molecule has 0 unspecified atom stereocenters. The first kappa shape index (κ1) is 14.8. The van der Waals surface area contributed by atoms with Gasteiger partial charge in [0.1, 0.15) is 5.75 Å². The summed E-state index contributed by atoms with van der Waals surface area (Å²) < 4.78 is 10.5. The van der Waals surface area contributed by atoms with Crippen LogP contribution in [0.15, 0.2) is 24.3 Å². The molecule has 0 radical (unpaired) electrons. The molecule has 20 heavy (non-hydrogen) atoms. The van der Waals surface area contributed by atoms with Crippen LogP contribution in [0.2, 0.25) is 0 Å². The summed E-state index contributed by atoms with van der Waals surface area (Å²) >= 11 is 0. The summed E-state index contributed by atoms with van der Waals surface area (Å²) in [5.41, 5.74) is 6.42. The van der Waals surface area contributed by atoms with Crippen LogP contribution in [-0.4, -0.2) is 38.3 Å². The zero-order valence-electron chi connectivity index (χ0n) is 11.9. The minimum atomic E-state index is -0.779. The van der Waals surface area contributed by atoms with Crippen LogP contribution in [0.1, 0.15) is 18.4 Å². The van der Waals surface area contributed by atoms with Crippen molar-refractivity contribution in [3.63, 3.8) is 0 Å². The average Bonchev–Trinajstić information content (AvgIpc) is 2.48. The summed E-state index contributed by atoms with van der Waals surface area (Å²) in [6.45, 7) is 1.66. The highest BCUT2D eigenvalue weighted by Crippen LogP contribution is 2.19. The van der Waals surface area contributed by atoms with Crippen LogP contribution in [0, 0.1) is 0 Å². The summed E-state index contributed by atoms with van der Waals surface area (Å²) in [7, 11) is 1.65. The van der Waals surface area contributed by atoms with Gasteiger partial charge in [-0.05, 0) is 30.9 Å².